The molecular weight excluding hydrogens is 843 g/mol. The first-order valence-corrected chi connectivity index (χ1v) is 25.2. The fourth-order valence-corrected chi connectivity index (χ4v) is 11.6. The fourth-order valence-electron chi connectivity index (χ4n) is 11.6. The minimum atomic E-state index is -0.681. The molecule has 0 fully saturated rings. The van der Waals surface area contributed by atoms with Gasteiger partial charge in [-0.25, -0.2) is 9.98 Å². The quantitative estimate of drug-likeness (QED) is 0.137. The van der Waals surface area contributed by atoms with E-state index in [4.69, 9.17) is 19.5 Å². The molecule has 0 N–H and O–H groups in total. The molecular formula is C64H69N3O2. The zero-order valence-corrected chi connectivity index (χ0v) is 43.2. The van der Waals surface area contributed by atoms with Crippen LogP contribution in [0.2, 0.25) is 0 Å². The summed E-state index contributed by atoms with van der Waals surface area (Å²) < 4.78 is 17.1. The predicted octanol–water partition coefficient (Wildman–Crippen LogP) is 16.9. The van der Waals surface area contributed by atoms with Gasteiger partial charge in [-0.3, -0.25) is 4.57 Å². The predicted molar refractivity (Wildman–Crippen MR) is 288 cm³/mol. The summed E-state index contributed by atoms with van der Waals surface area (Å²) in [6.45, 7) is 32.0. The van der Waals surface area contributed by atoms with Crippen LogP contribution in [-0.4, -0.2) is 26.6 Å². The van der Waals surface area contributed by atoms with Crippen molar-refractivity contribution in [3.8, 4) is 28.4 Å². The molecule has 5 nitrogen and oxygen atoms in total. The first kappa shape index (κ1) is 46.3. The molecule has 2 aliphatic heterocycles. The van der Waals surface area contributed by atoms with Crippen molar-refractivity contribution in [3.63, 3.8) is 0 Å². The van der Waals surface area contributed by atoms with Crippen LogP contribution < -0.4 is 4.74 Å². The molecule has 6 aromatic carbocycles. The number of nitrogens with zero attached hydrogens (tertiary/aromatic N) is 3. The number of ether oxygens (including phenoxy) is 2. The molecule has 0 bridgehead atoms. The van der Waals surface area contributed by atoms with Gasteiger partial charge in [0.1, 0.15) is 28.5 Å². The van der Waals surface area contributed by atoms with Gasteiger partial charge < -0.3 is 9.47 Å². The Bertz CT molecular complexity index is 3250. The second-order valence-electron chi connectivity index (χ2n) is 22.8. The first-order chi connectivity index (χ1) is 32.7. The van der Waals surface area contributed by atoms with Crippen molar-refractivity contribution in [2.24, 2.45) is 10.9 Å². The van der Waals surface area contributed by atoms with Crippen LogP contribution in [0, 0.1) is 12.8 Å². The number of fused-ring (bicyclic) bond motifs is 5. The lowest BCUT2D eigenvalue weighted by Crippen LogP contribution is -2.54. The smallest absolute Gasteiger partial charge is 0.217 e. The van der Waals surface area contributed by atoms with E-state index in [1.54, 1.807) is 0 Å². The Kier molecular flexibility index (Phi) is 11.1. The van der Waals surface area contributed by atoms with Gasteiger partial charge in [0, 0.05) is 45.5 Å². The van der Waals surface area contributed by atoms with Crippen LogP contribution >= 0.6 is 0 Å². The Balaban J connectivity index is 1.20. The third-order valence-electron chi connectivity index (χ3n) is 16.0. The number of benzene rings is 6. The SMILES string of the molecule is Cc1cc2c3cc(C(C)(C)C)cc4c3n(c2cc1Oc1cc(C2=N[C@](C)(C(c3ccccc3)c3ccccc3)[C@@](C)(C(C)C)O2)cc(-c2c(C(C)C)cccc2C(C)C)c1)-c1ncccc1C4(C)C. The molecule has 2 aliphatic rings. The zero-order valence-electron chi connectivity index (χ0n) is 43.2. The van der Waals surface area contributed by atoms with E-state index in [9.17, 15) is 0 Å². The van der Waals surface area contributed by atoms with E-state index in [1.165, 1.54) is 60.8 Å². The third-order valence-corrected chi connectivity index (χ3v) is 16.0. The van der Waals surface area contributed by atoms with Gasteiger partial charge in [-0.2, -0.15) is 0 Å². The maximum atomic E-state index is 7.42. The Labute approximate surface area is 410 Å². The molecule has 0 radical (unpaired) electrons. The number of aryl methyl sites for hydroxylation is 1. The lowest BCUT2D eigenvalue weighted by Gasteiger charge is -2.45. The average Bonchev–Trinajstić information content (AvgIpc) is 3.79. The van der Waals surface area contributed by atoms with Gasteiger partial charge in [0.05, 0.1) is 11.0 Å². The van der Waals surface area contributed by atoms with E-state index in [-0.39, 0.29) is 22.7 Å². The van der Waals surface area contributed by atoms with Crippen molar-refractivity contribution in [2.45, 2.75) is 137 Å². The molecule has 5 heteroatoms. The van der Waals surface area contributed by atoms with E-state index >= 15 is 0 Å². The van der Waals surface area contributed by atoms with Gasteiger partial charge in [-0.1, -0.05) is 167 Å². The standard InChI is InChI=1S/C64H69N3O2/c1-38(2)48-27-21-28-49(39(3)4)56(48)44-32-45(60-66-63(13,64(14,69-60)40(5)6)57(42-23-17-15-18-24-42)43-25-19-16-20-26-43)34-47(33-44)68-55-37-54-50(31-41(55)7)51-35-46(61(8,9)10)36-53-58(51)67(54)59-52(62(53,11)12)29-22-30-65-59/h15-40,57H,1-14H3/t63-,64-/m1/s1. The molecule has 0 saturated heterocycles. The van der Waals surface area contributed by atoms with Crippen LogP contribution in [0.4, 0.5) is 0 Å². The molecule has 2 aromatic heterocycles. The number of pyridine rings is 1. The van der Waals surface area contributed by atoms with Crippen molar-refractivity contribution in [1.82, 2.24) is 9.55 Å². The second kappa shape index (κ2) is 16.6. The minimum absolute atomic E-state index is 0.0315. The summed E-state index contributed by atoms with van der Waals surface area (Å²) in [5, 5.41) is 2.45. The highest BCUT2D eigenvalue weighted by Gasteiger charge is 2.59. The number of rotatable bonds is 10. The molecule has 0 unspecified atom stereocenters. The van der Waals surface area contributed by atoms with Crippen LogP contribution in [0.3, 0.4) is 0 Å². The van der Waals surface area contributed by atoms with Crippen LogP contribution in [0.1, 0.15) is 158 Å². The van der Waals surface area contributed by atoms with Crippen molar-refractivity contribution >= 4 is 27.7 Å². The van der Waals surface area contributed by atoms with Crippen LogP contribution in [0.5, 0.6) is 11.5 Å². The van der Waals surface area contributed by atoms with Crippen molar-refractivity contribution in [2.75, 3.05) is 0 Å². The molecule has 69 heavy (non-hydrogen) atoms. The van der Waals surface area contributed by atoms with E-state index in [2.05, 4.69) is 235 Å². The molecule has 10 rings (SSSR count). The Morgan fingerprint density at radius 3 is 1.86 bits per heavy atom. The summed E-state index contributed by atoms with van der Waals surface area (Å²) in [6.07, 6.45) is 1.92. The van der Waals surface area contributed by atoms with Crippen LogP contribution in [0.25, 0.3) is 38.8 Å². The van der Waals surface area contributed by atoms with Gasteiger partial charge in [0.15, 0.2) is 0 Å². The van der Waals surface area contributed by atoms with Crippen LogP contribution in [-0.2, 0) is 15.6 Å². The van der Waals surface area contributed by atoms with E-state index in [1.807, 2.05) is 6.20 Å². The Hall–Kier alpha value is -6.46. The first-order valence-electron chi connectivity index (χ1n) is 25.2. The second-order valence-corrected chi connectivity index (χ2v) is 22.8. The van der Waals surface area contributed by atoms with Gasteiger partial charge in [-0.05, 0) is 130 Å². The van der Waals surface area contributed by atoms with E-state index < -0.39 is 11.1 Å². The lowest BCUT2D eigenvalue weighted by atomic mass is 9.64. The number of aromatic nitrogens is 2. The monoisotopic (exact) mass is 912 g/mol. The highest BCUT2D eigenvalue weighted by molar-refractivity contribution is 6.12. The molecule has 2 atom stereocenters. The number of hydrogen-bond acceptors (Lipinski definition) is 4. The summed E-state index contributed by atoms with van der Waals surface area (Å²) >= 11 is 0. The van der Waals surface area contributed by atoms with Crippen molar-refractivity contribution < 1.29 is 9.47 Å². The minimum Gasteiger partial charge on any atom is -0.468 e. The molecule has 0 spiro atoms. The van der Waals surface area contributed by atoms with Gasteiger partial charge >= 0.3 is 0 Å². The maximum absolute atomic E-state index is 7.42. The summed E-state index contributed by atoms with van der Waals surface area (Å²) in [4.78, 5) is 10.9. The average molecular weight is 912 g/mol. The Morgan fingerprint density at radius 2 is 1.26 bits per heavy atom. The molecule has 8 aromatic rings. The maximum Gasteiger partial charge on any atom is 0.217 e. The molecule has 0 amide bonds. The van der Waals surface area contributed by atoms with Crippen molar-refractivity contribution in [1.29, 1.82) is 0 Å². The zero-order chi connectivity index (χ0) is 48.9. The molecule has 352 valence electrons. The van der Waals surface area contributed by atoms with Gasteiger partial charge in [-0.15, -0.1) is 0 Å². The highest BCUT2D eigenvalue weighted by Crippen LogP contribution is 2.54. The lowest BCUT2D eigenvalue weighted by molar-refractivity contribution is -0.0158. The summed E-state index contributed by atoms with van der Waals surface area (Å²) in [5.74, 6) is 3.79. The van der Waals surface area contributed by atoms with E-state index in [0.29, 0.717) is 17.7 Å². The summed E-state index contributed by atoms with van der Waals surface area (Å²) in [7, 11) is 0. The highest BCUT2D eigenvalue weighted by atomic mass is 16.5. The number of hydrogen-bond donors (Lipinski definition) is 0. The summed E-state index contributed by atoms with van der Waals surface area (Å²) in [6, 6.07) is 48.9. The van der Waals surface area contributed by atoms with E-state index in [0.717, 1.165) is 39.5 Å². The largest absolute Gasteiger partial charge is 0.468 e. The third kappa shape index (κ3) is 7.41. The summed E-state index contributed by atoms with van der Waals surface area (Å²) in [5.41, 5.74) is 13.9. The fraction of sp³-hybridized carbons (Fsp3) is 0.344. The number of aliphatic imine (C=N–C) groups is 1. The van der Waals surface area contributed by atoms with Gasteiger partial charge in [0.25, 0.3) is 0 Å². The molecule has 0 aliphatic carbocycles. The van der Waals surface area contributed by atoms with Crippen molar-refractivity contribution in [3.05, 3.63) is 190 Å². The van der Waals surface area contributed by atoms with Crippen LogP contribution in [0.15, 0.2) is 145 Å². The topological polar surface area (TPSA) is 48.6 Å². The normalized spacial score (nSPS) is 18.7. The molecule has 0 saturated carbocycles. The van der Waals surface area contributed by atoms with Gasteiger partial charge in [0.2, 0.25) is 5.90 Å². The Morgan fingerprint density at radius 1 is 0.638 bits per heavy atom. The molecule has 4 heterocycles.